The van der Waals surface area contributed by atoms with Gasteiger partial charge in [0.15, 0.2) is 0 Å². The molecule has 66 valence electrons. The van der Waals surface area contributed by atoms with Crippen molar-refractivity contribution in [2.24, 2.45) is 5.73 Å². The maximum Gasteiger partial charge on any atom is 0.0719 e. The van der Waals surface area contributed by atoms with Gasteiger partial charge in [0.25, 0.3) is 0 Å². The fourth-order valence-corrected chi connectivity index (χ4v) is 1.61. The number of hydrogen-bond acceptors (Lipinski definition) is 4. The van der Waals surface area contributed by atoms with Crippen molar-refractivity contribution in [1.82, 2.24) is 4.90 Å². The van der Waals surface area contributed by atoms with Gasteiger partial charge in [-0.25, -0.2) is 0 Å². The lowest BCUT2D eigenvalue weighted by molar-refractivity contribution is 0.108. The van der Waals surface area contributed by atoms with E-state index in [4.69, 9.17) is 10.8 Å². The Bertz CT molecular complexity index is 119. The summed E-state index contributed by atoms with van der Waals surface area (Å²) in [4.78, 5) is 2.03. The normalized spacial score (nSPS) is 33.0. The number of hydrogen-bond donors (Lipinski definition) is 3. The molecule has 0 aromatic rings. The number of β-amino-alcohol motifs (C(OH)–C–C–N with tert-alkyl or cyclic N) is 1. The Morgan fingerprint density at radius 2 is 2.27 bits per heavy atom. The third-order valence-electron chi connectivity index (χ3n) is 2.25. The van der Waals surface area contributed by atoms with Gasteiger partial charge in [-0.15, -0.1) is 0 Å². The topological polar surface area (TPSA) is 69.7 Å². The van der Waals surface area contributed by atoms with E-state index in [2.05, 4.69) is 0 Å². The first-order valence-electron chi connectivity index (χ1n) is 4.02. The van der Waals surface area contributed by atoms with Crippen molar-refractivity contribution >= 4 is 0 Å². The third-order valence-corrected chi connectivity index (χ3v) is 2.25. The second-order valence-corrected chi connectivity index (χ2v) is 2.92. The van der Waals surface area contributed by atoms with Gasteiger partial charge in [-0.05, 0) is 6.42 Å². The molecule has 1 fully saturated rings. The summed E-state index contributed by atoms with van der Waals surface area (Å²) in [6.45, 7) is 2.09. The summed E-state index contributed by atoms with van der Waals surface area (Å²) >= 11 is 0. The molecule has 2 unspecified atom stereocenters. The maximum atomic E-state index is 9.38. The third kappa shape index (κ3) is 1.90. The lowest BCUT2D eigenvalue weighted by atomic mass is 10.2. The second kappa shape index (κ2) is 4.01. The molecule has 11 heavy (non-hydrogen) atoms. The Labute approximate surface area is 66.6 Å². The second-order valence-electron chi connectivity index (χ2n) is 2.92. The summed E-state index contributed by atoms with van der Waals surface area (Å²) in [7, 11) is 0. The minimum Gasteiger partial charge on any atom is -0.395 e. The number of aliphatic hydroxyl groups excluding tert-OH is 2. The van der Waals surface area contributed by atoms with E-state index in [-0.39, 0.29) is 18.8 Å². The van der Waals surface area contributed by atoms with Gasteiger partial charge in [0.1, 0.15) is 0 Å². The van der Waals surface area contributed by atoms with Gasteiger partial charge in [-0.3, -0.25) is 4.90 Å². The molecule has 1 heterocycles. The molecule has 0 aromatic heterocycles. The van der Waals surface area contributed by atoms with Crippen LogP contribution in [0, 0.1) is 0 Å². The van der Waals surface area contributed by atoms with Crippen molar-refractivity contribution < 1.29 is 10.2 Å². The predicted molar refractivity (Wildman–Crippen MR) is 42.1 cm³/mol. The van der Waals surface area contributed by atoms with E-state index in [1.165, 1.54) is 0 Å². The van der Waals surface area contributed by atoms with Gasteiger partial charge >= 0.3 is 0 Å². The quantitative estimate of drug-likeness (QED) is 0.464. The molecule has 0 radical (unpaired) electrons. The first kappa shape index (κ1) is 8.93. The lowest BCUT2D eigenvalue weighted by Gasteiger charge is -2.23. The zero-order chi connectivity index (χ0) is 8.27. The molecule has 0 bridgehead atoms. The first-order chi connectivity index (χ1) is 5.29. The Hall–Kier alpha value is -0.160. The van der Waals surface area contributed by atoms with Crippen molar-refractivity contribution in [3.05, 3.63) is 0 Å². The van der Waals surface area contributed by atoms with Crippen LogP contribution in [0.25, 0.3) is 0 Å². The summed E-state index contributed by atoms with van der Waals surface area (Å²) < 4.78 is 0. The smallest absolute Gasteiger partial charge is 0.0719 e. The average molecular weight is 160 g/mol. The van der Waals surface area contributed by atoms with Crippen LogP contribution in [-0.4, -0.2) is 53.5 Å². The Balaban J connectivity index is 2.40. The molecule has 1 aliphatic heterocycles. The number of aliphatic hydroxyl groups is 2. The van der Waals surface area contributed by atoms with Crippen LogP contribution in [0.3, 0.4) is 0 Å². The molecular weight excluding hydrogens is 144 g/mol. The van der Waals surface area contributed by atoms with Crippen molar-refractivity contribution in [2.45, 2.75) is 18.6 Å². The van der Waals surface area contributed by atoms with Crippen LogP contribution in [-0.2, 0) is 0 Å². The van der Waals surface area contributed by atoms with E-state index in [0.29, 0.717) is 13.1 Å². The molecule has 0 saturated carbocycles. The molecule has 2 atom stereocenters. The number of nitrogens with two attached hydrogens (primary N) is 1. The highest BCUT2D eigenvalue weighted by molar-refractivity contribution is 4.87. The number of likely N-dealkylation sites (tertiary alicyclic amines) is 1. The van der Waals surface area contributed by atoms with E-state index < -0.39 is 0 Å². The molecule has 1 aliphatic rings. The van der Waals surface area contributed by atoms with Gasteiger partial charge in [0.05, 0.1) is 12.7 Å². The minimum atomic E-state index is -0.299. The standard InChI is InChI=1S/C7H16N2O2/c8-5-6-7(11)1-2-9(6)3-4-10/h6-7,10-11H,1-5,8H2. The molecule has 0 spiro atoms. The van der Waals surface area contributed by atoms with Crippen LogP contribution in [0.2, 0.25) is 0 Å². The highest BCUT2D eigenvalue weighted by atomic mass is 16.3. The molecule has 4 N–H and O–H groups in total. The molecule has 4 nitrogen and oxygen atoms in total. The summed E-state index contributed by atoms with van der Waals surface area (Å²) in [6, 6.07) is 0.0575. The van der Waals surface area contributed by atoms with E-state index in [1.807, 2.05) is 4.90 Å². The van der Waals surface area contributed by atoms with Gasteiger partial charge in [0, 0.05) is 25.7 Å². The highest BCUT2D eigenvalue weighted by Crippen LogP contribution is 2.15. The SMILES string of the molecule is NCC1C(O)CCN1CCO. The Morgan fingerprint density at radius 1 is 1.55 bits per heavy atom. The molecule has 0 aliphatic carbocycles. The molecule has 0 amide bonds. The van der Waals surface area contributed by atoms with Crippen LogP contribution in [0.1, 0.15) is 6.42 Å². The predicted octanol–water partition coefficient (Wildman–Crippen LogP) is -1.63. The van der Waals surface area contributed by atoms with E-state index >= 15 is 0 Å². The van der Waals surface area contributed by atoms with Crippen molar-refractivity contribution in [3.8, 4) is 0 Å². The van der Waals surface area contributed by atoms with Crippen LogP contribution in [0.5, 0.6) is 0 Å². The van der Waals surface area contributed by atoms with E-state index in [9.17, 15) is 5.11 Å². The van der Waals surface area contributed by atoms with Crippen LogP contribution >= 0.6 is 0 Å². The first-order valence-corrected chi connectivity index (χ1v) is 4.02. The maximum absolute atomic E-state index is 9.38. The zero-order valence-corrected chi connectivity index (χ0v) is 6.61. The van der Waals surface area contributed by atoms with Gasteiger partial charge in [0.2, 0.25) is 0 Å². The molecule has 4 heteroatoms. The fourth-order valence-electron chi connectivity index (χ4n) is 1.61. The molecule has 0 aromatic carbocycles. The van der Waals surface area contributed by atoms with Gasteiger partial charge in [-0.2, -0.15) is 0 Å². The number of nitrogens with zero attached hydrogens (tertiary/aromatic N) is 1. The molecule has 1 rings (SSSR count). The Morgan fingerprint density at radius 3 is 2.82 bits per heavy atom. The highest BCUT2D eigenvalue weighted by Gasteiger charge is 2.30. The van der Waals surface area contributed by atoms with E-state index in [1.54, 1.807) is 0 Å². The summed E-state index contributed by atoms with van der Waals surface area (Å²) in [6.07, 6.45) is 0.480. The average Bonchev–Trinajstić information content (AvgIpc) is 2.33. The summed E-state index contributed by atoms with van der Waals surface area (Å²) in [5.41, 5.74) is 5.46. The van der Waals surface area contributed by atoms with Crippen LogP contribution in [0.15, 0.2) is 0 Å². The van der Waals surface area contributed by atoms with Crippen molar-refractivity contribution in [1.29, 1.82) is 0 Å². The minimum absolute atomic E-state index is 0.0575. The largest absolute Gasteiger partial charge is 0.395 e. The lowest BCUT2D eigenvalue weighted by Crippen LogP contribution is -2.42. The molecular formula is C7H16N2O2. The molecule has 1 saturated heterocycles. The fraction of sp³-hybridized carbons (Fsp3) is 1.00. The zero-order valence-electron chi connectivity index (χ0n) is 6.61. The number of rotatable bonds is 3. The van der Waals surface area contributed by atoms with Gasteiger partial charge in [-0.1, -0.05) is 0 Å². The summed E-state index contributed by atoms with van der Waals surface area (Å²) in [5, 5.41) is 18.0. The summed E-state index contributed by atoms with van der Waals surface area (Å²) in [5.74, 6) is 0. The van der Waals surface area contributed by atoms with Gasteiger partial charge < -0.3 is 15.9 Å². The van der Waals surface area contributed by atoms with Crippen LogP contribution in [0.4, 0.5) is 0 Å². The monoisotopic (exact) mass is 160 g/mol. The van der Waals surface area contributed by atoms with Crippen LogP contribution < -0.4 is 5.73 Å². The van der Waals surface area contributed by atoms with E-state index in [0.717, 1.165) is 13.0 Å². The van der Waals surface area contributed by atoms with Crippen molar-refractivity contribution in [2.75, 3.05) is 26.2 Å². The Kier molecular flexibility index (Phi) is 3.26. The van der Waals surface area contributed by atoms with Crippen molar-refractivity contribution in [3.63, 3.8) is 0 Å².